The van der Waals surface area contributed by atoms with E-state index in [1.165, 1.54) is 22.4 Å². The number of hydrogen-bond acceptors (Lipinski definition) is 4. The fourth-order valence-electron chi connectivity index (χ4n) is 5.74. The first-order valence-corrected chi connectivity index (χ1v) is 12.6. The van der Waals surface area contributed by atoms with Gasteiger partial charge in [-0.1, -0.05) is 66.7 Å². The molecule has 1 heterocycles. The van der Waals surface area contributed by atoms with Crippen LogP contribution in [0, 0.1) is 5.92 Å². The van der Waals surface area contributed by atoms with Gasteiger partial charge in [-0.15, -0.1) is 0 Å². The predicted octanol–water partition coefficient (Wildman–Crippen LogP) is 4.76. The molecule has 1 fully saturated rings. The molecule has 1 aliphatic heterocycles. The fourth-order valence-corrected chi connectivity index (χ4v) is 5.74. The maximum atomic E-state index is 11.2. The third kappa shape index (κ3) is 4.90. The van der Waals surface area contributed by atoms with Crippen molar-refractivity contribution in [3.05, 3.63) is 101 Å². The highest BCUT2D eigenvalue weighted by atomic mass is 16.3. The fraction of sp³-hybridized carbons (Fsp3) is 0.400. The van der Waals surface area contributed by atoms with Gasteiger partial charge in [0.2, 0.25) is 0 Å². The largest absolute Gasteiger partial charge is 0.388 e. The van der Waals surface area contributed by atoms with Gasteiger partial charge in [-0.3, -0.25) is 4.90 Å². The summed E-state index contributed by atoms with van der Waals surface area (Å²) in [5, 5.41) is 11.2. The van der Waals surface area contributed by atoms with Gasteiger partial charge in [0, 0.05) is 58.4 Å². The number of benzene rings is 3. The molecular weight excluding hydrogens is 418 g/mol. The second kappa shape index (κ2) is 10.3. The number of aryl methyl sites for hydroxylation is 1. The van der Waals surface area contributed by atoms with Crippen LogP contribution in [0.15, 0.2) is 78.9 Å². The molecule has 2 aliphatic rings. The maximum Gasteiger partial charge on any atom is 0.0833 e. The lowest BCUT2D eigenvalue weighted by Gasteiger charge is -2.42. The van der Waals surface area contributed by atoms with Crippen LogP contribution in [0.2, 0.25) is 0 Å². The van der Waals surface area contributed by atoms with Crippen molar-refractivity contribution in [1.29, 1.82) is 0 Å². The van der Waals surface area contributed by atoms with Crippen molar-refractivity contribution in [2.45, 2.75) is 25.0 Å². The molecule has 0 amide bonds. The van der Waals surface area contributed by atoms with E-state index in [1.54, 1.807) is 0 Å². The number of anilines is 1. The summed E-state index contributed by atoms with van der Waals surface area (Å²) >= 11 is 0. The molecule has 1 N–H and O–H groups in total. The number of hydrogen-bond donors (Lipinski definition) is 1. The zero-order valence-corrected chi connectivity index (χ0v) is 20.5. The molecule has 178 valence electrons. The smallest absolute Gasteiger partial charge is 0.0833 e. The van der Waals surface area contributed by atoms with Crippen LogP contribution in [0.5, 0.6) is 0 Å². The highest BCUT2D eigenvalue weighted by Crippen LogP contribution is 2.37. The Labute approximate surface area is 204 Å². The Bertz CT molecular complexity index is 1020. The molecule has 0 spiro atoms. The summed E-state index contributed by atoms with van der Waals surface area (Å²) in [5.74, 6) is 0.309. The summed E-state index contributed by atoms with van der Waals surface area (Å²) in [4.78, 5) is 7.32. The SMILES string of the molecule is CN(C)c1ccc2c(c1)CCC(CN1CCN(C(c3ccccc3)c3ccccc3)CC1)C2O. The molecule has 2 unspecified atom stereocenters. The minimum Gasteiger partial charge on any atom is -0.388 e. The van der Waals surface area contributed by atoms with Crippen LogP contribution >= 0.6 is 0 Å². The van der Waals surface area contributed by atoms with E-state index >= 15 is 0 Å². The molecule has 0 saturated carbocycles. The van der Waals surface area contributed by atoms with Crippen molar-refractivity contribution in [2.24, 2.45) is 5.92 Å². The van der Waals surface area contributed by atoms with Crippen molar-refractivity contribution >= 4 is 5.69 Å². The van der Waals surface area contributed by atoms with Gasteiger partial charge < -0.3 is 14.9 Å². The van der Waals surface area contributed by atoms with Gasteiger partial charge in [-0.25, -0.2) is 0 Å². The molecule has 4 nitrogen and oxygen atoms in total. The molecule has 0 bridgehead atoms. The highest BCUT2D eigenvalue weighted by Gasteiger charge is 2.32. The van der Waals surface area contributed by atoms with Crippen molar-refractivity contribution in [3.8, 4) is 0 Å². The standard InChI is InChI=1S/C30H37N3O/c1-31(2)27-15-16-28-25(21-27)13-14-26(30(28)34)22-32-17-19-33(20-18-32)29(23-9-5-3-6-10-23)24-11-7-4-8-12-24/h3-12,15-16,21,26,29-30,34H,13-14,17-20,22H2,1-2H3. The summed E-state index contributed by atoms with van der Waals surface area (Å²) in [6.45, 7) is 5.16. The Morgan fingerprint density at radius 1 is 0.853 bits per heavy atom. The second-order valence-corrected chi connectivity index (χ2v) is 10.1. The normalized spacial score (nSPS) is 21.4. The van der Waals surface area contributed by atoms with Crippen LogP contribution in [0.25, 0.3) is 0 Å². The van der Waals surface area contributed by atoms with Crippen molar-refractivity contribution in [2.75, 3.05) is 51.7 Å². The van der Waals surface area contributed by atoms with E-state index in [0.717, 1.165) is 51.1 Å². The first-order valence-electron chi connectivity index (χ1n) is 12.6. The van der Waals surface area contributed by atoms with Crippen LogP contribution in [0.4, 0.5) is 5.69 Å². The van der Waals surface area contributed by atoms with Crippen LogP contribution in [0.1, 0.15) is 40.8 Å². The van der Waals surface area contributed by atoms with Gasteiger partial charge in [0.05, 0.1) is 12.1 Å². The van der Waals surface area contributed by atoms with Crippen LogP contribution < -0.4 is 4.90 Å². The minimum atomic E-state index is -0.362. The molecule has 5 rings (SSSR count). The van der Waals surface area contributed by atoms with Crippen LogP contribution in [-0.4, -0.2) is 61.7 Å². The number of nitrogens with zero attached hydrogens (tertiary/aromatic N) is 3. The Kier molecular flexibility index (Phi) is 7.00. The van der Waals surface area contributed by atoms with Gasteiger partial charge in [-0.2, -0.15) is 0 Å². The summed E-state index contributed by atoms with van der Waals surface area (Å²) in [5.41, 5.74) is 6.38. The first-order chi connectivity index (χ1) is 16.6. The van der Waals surface area contributed by atoms with Gasteiger partial charge in [-0.05, 0) is 47.2 Å². The monoisotopic (exact) mass is 455 g/mol. The van der Waals surface area contributed by atoms with E-state index in [-0.39, 0.29) is 6.10 Å². The lowest BCUT2D eigenvalue weighted by atomic mass is 9.81. The Hall–Kier alpha value is -2.66. The lowest BCUT2D eigenvalue weighted by Crippen LogP contribution is -2.49. The number of aliphatic hydroxyl groups is 1. The average Bonchev–Trinajstić information content (AvgIpc) is 2.88. The number of fused-ring (bicyclic) bond motifs is 1. The summed E-state index contributed by atoms with van der Waals surface area (Å²) in [6.07, 6.45) is 1.75. The molecule has 4 heteroatoms. The molecule has 2 atom stereocenters. The summed E-state index contributed by atoms with van der Waals surface area (Å²) in [6, 6.07) is 28.6. The van der Waals surface area contributed by atoms with E-state index < -0.39 is 0 Å². The molecule has 1 aliphatic carbocycles. The maximum absolute atomic E-state index is 11.2. The molecule has 1 saturated heterocycles. The van der Waals surface area contributed by atoms with Gasteiger partial charge >= 0.3 is 0 Å². The topological polar surface area (TPSA) is 30.0 Å². The quantitative estimate of drug-likeness (QED) is 0.581. The molecule has 34 heavy (non-hydrogen) atoms. The third-order valence-corrected chi connectivity index (χ3v) is 7.69. The zero-order chi connectivity index (χ0) is 23.5. The Morgan fingerprint density at radius 3 is 2.06 bits per heavy atom. The number of piperazine rings is 1. The van der Waals surface area contributed by atoms with E-state index in [4.69, 9.17) is 0 Å². The minimum absolute atomic E-state index is 0.294. The molecule has 3 aromatic rings. The van der Waals surface area contributed by atoms with Gasteiger partial charge in [0.1, 0.15) is 0 Å². The van der Waals surface area contributed by atoms with Crippen molar-refractivity contribution < 1.29 is 5.11 Å². The van der Waals surface area contributed by atoms with Crippen LogP contribution in [0.3, 0.4) is 0 Å². The number of rotatable bonds is 6. The summed E-state index contributed by atoms with van der Waals surface area (Å²) in [7, 11) is 4.15. The predicted molar refractivity (Wildman–Crippen MR) is 140 cm³/mol. The second-order valence-electron chi connectivity index (χ2n) is 10.1. The molecule has 3 aromatic carbocycles. The Balaban J connectivity index is 1.24. The van der Waals surface area contributed by atoms with Gasteiger partial charge in [0.15, 0.2) is 0 Å². The lowest BCUT2D eigenvalue weighted by molar-refractivity contribution is 0.0421. The number of aliphatic hydroxyl groups excluding tert-OH is 1. The molecule has 0 radical (unpaired) electrons. The average molecular weight is 456 g/mol. The summed E-state index contributed by atoms with van der Waals surface area (Å²) < 4.78 is 0. The van der Waals surface area contributed by atoms with Gasteiger partial charge in [0.25, 0.3) is 0 Å². The van der Waals surface area contributed by atoms with Crippen molar-refractivity contribution in [1.82, 2.24) is 9.80 Å². The molecular formula is C30H37N3O. The third-order valence-electron chi connectivity index (χ3n) is 7.69. The van der Waals surface area contributed by atoms with E-state index in [1.807, 2.05) is 0 Å². The van der Waals surface area contributed by atoms with Crippen LogP contribution in [-0.2, 0) is 6.42 Å². The highest BCUT2D eigenvalue weighted by molar-refractivity contribution is 5.51. The van der Waals surface area contributed by atoms with E-state index in [9.17, 15) is 5.11 Å². The molecule has 0 aromatic heterocycles. The van der Waals surface area contributed by atoms with E-state index in [2.05, 4.69) is 108 Å². The zero-order valence-electron chi connectivity index (χ0n) is 20.5. The van der Waals surface area contributed by atoms with Crippen molar-refractivity contribution in [3.63, 3.8) is 0 Å². The Morgan fingerprint density at radius 2 is 1.47 bits per heavy atom. The first kappa shape index (κ1) is 23.1. The van der Waals surface area contributed by atoms with E-state index in [0.29, 0.717) is 12.0 Å².